The van der Waals surface area contributed by atoms with Crippen molar-refractivity contribution in [2.24, 2.45) is 0 Å². The average molecular weight is 352 g/mol. The molecule has 2 fully saturated rings. The van der Waals surface area contributed by atoms with E-state index in [9.17, 15) is 4.79 Å². The van der Waals surface area contributed by atoms with E-state index in [4.69, 9.17) is 4.98 Å². The van der Waals surface area contributed by atoms with Crippen molar-refractivity contribution >= 4 is 0 Å². The first-order valence-electron chi connectivity index (χ1n) is 9.90. The molecule has 0 amide bonds. The summed E-state index contributed by atoms with van der Waals surface area (Å²) < 4.78 is 0. The fourth-order valence-electron chi connectivity index (χ4n) is 4.28. The molecule has 1 aromatic heterocycles. The van der Waals surface area contributed by atoms with Crippen molar-refractivity contribution in [1.29, 1.82) is 0 Å². The second kappa shape index (κ2) is 8.14. The van der Waals surface area contributed by atoms with Crippen LogP contribution in [0.15, 0.2) is 41.2 Å². The molecular weight excluding hydrogens is 324 g/mol. The zero-order valence-corrected chi connectivity index (χ0v) is 15.4. The zero-order valence-electron chi connectivity index (χ0n) is 15.4. The lowest BCUT2D eigenvalue weighted by Crippen LogP contribution is -2.46. The molecule has 138 valence electrons. The van der Waals surface area contributed by atoms with Crippen LogP contribution in [0.4, 0.5) is 0 Å². The maximum Gasteiger partial charge on any atom is 0.251 e. The Hall–Kier alpha value is -1.98. The van der Waals surface area contributed by atoms with E-state index in [-0.39, 0.29) is 5.56 Å². The second-order valence-corrected chi connectivity index (χ2v) is 7.56. The number of aromatic nitrogens is 2. The summed E-state index contributed by atoms with van der Waals surface area (Å²) in [4.78, 5) is 24.8. The van der Waals surface area contributed by atoms with E-state index in [0.717, 1.165) is 36.9 Å². The van der Waals surface area contributed by atoms with Crippen molar-refractivity contribution in [3.8, 4) is 11.4 Å². The zero-order chi connectivity index (χ0) is 17.8. The van der Waals surface area contributed by atoms with E-state index in [1.165, 1.54) is 45.2 Å². The van der Waals surface area contributed by atoms with Crippen molar-refractivity contribution in [1.82, 2.24) is 19.8 Å². The van der Waals surface area contributed by atoms with Crippen molar-refractivity contribution < 1.29 is 0 Å². The third-order valence-electron chi connectivity index (χ3n) is 5.69. The molecule has 0 unspecified atom stereocenters. The van der Waals surface area contributed by atoms with Gasteiger partial charge in [-0.2, -0.15) is 0 Å². The van der Waals surface area contributed by atoms with Gasteiger partial charge in [0, 0.05) is 37.3 Å². The van der Waals surface area contributed by atoms with Crippen molar-refractivity contribution in [3.63, 3.8) is 0 Å². The number of hydrogen-bond donors (Lipinski definition) is 1. The standard InChI is InChI=1S/C21H28N4O/c26-20-15-18(22-21(23-20)17-7-3-1-4-8-17)16-24-13-9-19(10-14-24)25-11-5-2-6-12-25/h1,3-4,7-8,15,19H,2,5-6,9-14,16H2,(H,22,23,26). The van der Waals surface area contributed by atoms with Gasteiger partial charge in [-0.3, -0.25) is 9.69 Å². The monoisotopic (exact) mass is 352 g/mol. The molecule has 0 bridgehead atoms. The molecule has 0 saturated carbocycles. The highest BCUT2D eigenvalue weighted by atomic mass is 16.1. The second-order valence-electron chi connectivity index (χ2n) is 7.56. The van der Waals surface area contributed by atoms with Gasteiger partial charge in [-0.25, -0.2) is 4.98 Å². The molecule has 5 nitrogen and oxygen atoms in total. The number of H-pyrrole nitrogens is 1. The van der Waals surface area contributed by atoms with Gasteiger partial charge in [0.25, 0.3) is 5.56 Å². The minimum absolute atomic E-state index is 0.0722. The van der Waals surface area contributed by atoms with Crippen LogP contribution in [0.3, 0.4) is 0 Å². The highest BCUT2D eigenvalue weighted by Crippen LogP contribution is 2.22. The van der Waals surface area contributed by atoms with Crippen LogP contribution in [0, 0.1) is 0 Å². The number of aromatic amines is 1. The number of nitrogens with one attached hydrogen (secondary N) is 1. The first-order valence-corrected chi connectivity index (χ1v) is 9.90. The fraction of sp³-hybridized carbons (Fsp3) is 0.524. The summed E-state index contributed by atoms with van der Waals surface area (Å²) in [6.45, 7) is 5.50. The van der Waals surface area contributed by atoms with Crippen LogP contribution in [-0.4, -0.2) is 52.0 Å². The van der Waals surface area contributed by atoms with Gasteiger partial charge in [0.05, 0.1) is 5.69 Å². The predicted octanol–water partition coefficient (Wildman–Crippen LogP) is 2.89. The third kappa shape index (κ3) is 4.22. The molecule has 3 heterocycles. The Kier molecular flexibility index (Phi) is 5.46. The van der Waals surface area contributed by atoms with E-state index in [1.54, 1.807) is 6.07 Å². The van der Waals surface area contributed by atoms with Crippen LogP contribution in [0.1, 0.15) is 37.8 Å². The fourth-order valence-corrected chi connectivity index (χ4v) is 4.28. The topological polar surface area (TPSA) is 52.2 Å². The van der Waals surface area contributed by atoms with Crippen LogP contribution in [0.5, 0.6) is 0 Å². The summed E-state index contributed by atoms with van der Waals surface area (Å²) in [5.74, 6) is 0.663. The Morgan fingerprint density at radius 2 is 1.73 bits per heavy atom. The third-order valence-corrected chi connectivity index (χ3v) is 5.69. The van der Waals surface area contributed by atoms with Gasteiger partial charge >= 0.3 is 0 Å². The van der Waals surface area contributed by atoms with Crippen LogP contribution in [0.2, 0.25) is 0 Å². The van der Waals surface area contributed by atoms with Gasteiger partial charge in [-0.15, -0.1) is 0 Å². The lowest BCUT2D eigenvalue weighted by atomic mass is 10.00. The first-order chi connectivity index (χ1) is 12.8. The normalized spacial score (nSPS) is 20.3. The van der Waals surface area contributed by atoms with Crippen LogP contribution in [0.25, 0.3) is 11.4 Å². The van der Waals surface area contributed by atoms with Gasteiger partial charge in [0.2, 0.25) is 0 Å². The number of rotatable bonds is 4. The number of benzene rings is 1. The molecule has 1 aromatic carbocycles. The largest absolute Gasteiger partial charge is 0.307 e. The van der Waals surface area contributed by atoms with Crippen LogP contribution >= 0.6 is 0 Å². The number of piperidine rings is 2. The molecule has 2 saturated heterocycles. The molecule has 26 heavy (non-hydrogen) atoms. The average Bonchev–Trinajstić information content (AvgIpc) is 2.69. The van der Waals surface area contributed by atoms with Gasteiger partial charge in [0.1, 0.15) is 5.82 Å². The quantitative estimate of drug-likeness (QED) is 0.919. The van der Waals surface area contributed by atoms with E-state index in [2.05, 4.69) is 14.8 Å². The lowest BCUT2D eigenvalue weighted by molar-refractivity contribution is 0.0891. The molecule has 2 aliphatic rings. The Bertz CT molecular complexity index is 759. The van der Waals surface area contributed by atoms with Crippen molar-refractivity contribution in [2.45, 2.75) is 44.7 Å². The molecule has 0 atom stereocenters. The molecule has 1 N–H and O–H groups in total. The summed E-state index contributed by atoms with van der Waals surface area (Å²) in [7, 11) is 0. The molecule has 0 radical (unpaired) electrons. The number of hydrogen-bond acceptors (Lipinski definition) is 4. The molecule has 2 aliphatic heterocycles. The van der Waals surface area contributed by atoms with Gasteiger partial charge in [-0.1, -0.05) is 36.8 Å². The molecule has 5 heteroatoms. The highest BCUT2D eigenvalue weighted by Gasteiger charge is 2.25. The van der Waals surface area contributed by atoms with Gasteiger partial charge in [0.15, 0.2) is 0 Å². The van der Waals surface area contributed by atoms with Crippen LogP contribution in [-0.2, 0) is 6.54 Å². The Morgan fingerprint density at radius 3 is 2.46 bits per heavy atom. The Morgan fingerprint density at radius 1 is 1.00 bits per heavy atom. The maximum atomic E-state index is 12.1. The van der Waals surface area contributed by atoms with E-state index in [0.29, 0.717) is 5.82 Å². The summed E-state index contributed by atoms with van der Waals surface area (Å²) in [6, 6.07) is 12.2. The lowest BCUT2D eigenvalue weighted by Gasteiger charge is -2.40. The van der Waals surface area contributed by atoms with Crippen molar-refractivity contribution in [3.05, 3.63) is 52.4 Å². The number of nitrogens with zero attached hydrogens (tertiary/aromatic N) is 3. The minimum atomic E-state index is -0.0722. The maximum absolute atomic E-state index is 12.1. The smallest absolute Gasteiger partial charge is 0.251 e. The van der Waals surface area contributed by atoms with E-state index < -0.39 is 0 Å². The number of likely N-dealkylation sites (tertiary alicyclic amines) is 2. The molecule has 0 aliphatic carbocycles. The molecule has 0 spiro atoms. The van der Waals surface area contributed by atoms with Gasteiger partial charge in [-0.05, 0) is 38.8 Å². The summed E-state index contributed by atoms with van der Waals surface area (Å²) >= 11 is 0. The minimum Gasteiger partial charge on any atom is -0.307 e. The highest BCUT2D eigenvalue weighted by molar-refractivity contribution is 5.54. The molecule has 2 aromatic rings. The SMILES string of the molecule is O=c1cc(CN2CCC(N3CCCCC3)CC2)nc(-c2ccccc2)[nH]1. The first kappa shape index (κ1) is 17.4. The van der Waals surface area contributed by atoms with Crippen molar-refractivity contribution in [2.75, 3.05) is 26.2 Å². The van der Waals surface area contributed by atoms with E-state index >= 15 is 0 Å². The molecule has 4 rings (SSSR count). The van der Waals surface area contributed by atoms with Gasteiger partial charge < -0.3 is 9.88 Å². The Balaban J connectivity index is 1.39. The van der Waals surface area contributed by atoms with E-state index in [1.807, 2.05) is 30.3 Å². The van der Waals surface area contributed by atoms with Crippen LogP contribution < -0.4 is 5.56 Å². The predicted molar refractivity (Wildman–Crippen MR) is 104 cm³/mol. The Labute approximate surface area is 155 Å². The summed E-state index contributed by atoms with van der Waals surface area (Å²) in [5.41, 5.74) is 1.75. The summed E-state index contributed by atoms with van der Waals surface area (Å²) in [5, 5.41) is 0. The molecular formula is C21H28N4O. The summed E-state index contributed by atoms with van der Waals surface area (Å²) in [6.07, 6.45) is 6.58.